The molecule has 2 aromatic carbocycles. The first kappa shape index (κ1) is 22.8. The molecular weight excluding hydrogens is 420 g/mol. The summed E-state index contributed by atoms with van der Waals surface area (Å²) in [5, 5.41) is 11.8. The van der Waals surface area contributed by atoms with Crippen molar-refractivity contribution in [2.45, 2.75) is 44.6 Å². The number of aliphatic carboxylic acids is 1. The molecule has 1 heterocycles. The number of carbonyl (C=O) groups is 3. The lowest BCUT2D eigenvalue weighted by atomic mass is 9.98. The second-order valence-corrected chi connectivity index (χ2v) is 9.00. The lowest BCUT2D eigenvalue weighted by Crippen LogP contribution is -2.39. The van der Waals surface area contributed by atoms with E-state index in [9.17, 15) is 14.4 Å². The Morgan fingerprint density at radius 3 is 2.36 bits per heavy atom. The maximum atomic E-state index is 12.6. The number of carboxylic acids is 1. The van der Waals surface area contributed by atoms with E-state index in [0.717, 1.165) is 24.0 Å². The quantitative estimate of drug-likeness (QED) is 0.633. The average molecular weight is 451 g/mol. The van der Waals surface area contributed by atoms with Crippen molar-refractivity contribution in [3.05, 3.63) is 59.7 Å². The number of amides is 2. The molecule has 2 aromatic rings. The first-order valence-electron chi connectivity index (χ1n) is 11.5. The van der Waals surface area contributed by atoms with Crippen LogP contribution in [0.15, 0.2) is 48.5 Å². The molecule has 0 radical (unpaired) electrons. The summed E-state index contributed by atoms with van der Waals surface area (Å²) in [6.07, 6.45) is 1.30. The van der Waals surface area contributed by atoms with Crippen molar-refractivity contribution in [3.8, 4) is 11.1 Å². The van der Waals surface area contributed by atoms with Gasteiger partial charge in [-0.05, 0) is 41.0 Å². The summed E-state index contributed by atoms with van der Waals surface area (Å²) in [5.41, 5.74) is 4.67. The van der Waals surface area contributed by atoms with Crippen LogP contribution in [0.25, 0.3) is 11.1 Å². The summed E-state index contributed by atoms with van der Waals surface area (Å²) < 4.78 is 5.54. The minimum absolute atomic E-state index is 0.00323. The Hall–Kier alpha value is -3.35. The zero-order valence-corrected chi connectivity index (χ0v) is 18.8. The van der Waals surface area contributed by atoms with E-state index in [2.05, 4.69) is 29.6 Å². The van der Waals surface area contributed by atoms with Crippen LogP contribution in [0.1, 0.15) is 49.7 Å². The van der Waals surface area contributed by atoms with E-state index in [1.165, 1.54) is 11.1 Å². The second kappa shape index (κ2) is 10.1. The van der Waals surface area contributed by atoms with Crippen LogP contribution in [0, 0.1) is 5.92 Å². The molecule has 2 amide bonds. The van der Waals surface area contributed by atoms with Gasteiger partial charge in [-0.15, -0.1) is 0 Å². The molecule has 7 nitrogen and oxygen atoms in total. The Bertz CT molecular complexity index is 991. The summed E-state index contributed by atoms with van der Waals surface area (Å²) in [6, 6.07) is 16.1. The van der Waals surface area contributed by atoms with E-state index in [-0.39, 0.29) is 43.2 Å². The lowest BCUT2D eigenvalue weighted by Gasteiger charge is -2.25. The highest BCUT2D eigenvalue weighted by atomic mass is 16.5. The summed E-state index contributed by atoms with van der Waals surface area (Å²) in [5.74, 6) is -1.02. The van der Waals surface area contributed by atoms with Crippen LogP contribution in [-0.2, 0) is 14.3 Å². The van der Waals surface area contributed by atoms with Crippen LogP contribution in [0.4, 0.5) is 4.79 Å². The van der Waals surface area contributed by atoms with Crippen LogP contribution >= 0.6 is 0 Å². The predicted molar refractivity (Wildman–Crippen MR) is 124 cm³/mol. The second-order valence-electron chi connectivity index (χ2n) is 9.00. The highest BCUT2D eigenvalue weighted by molar-refractivity contribution is 5.79. The van der Waals surface area contributed by atoms with Crippen molar-refractivity contribution in [2.24, 2.45) is 5.92 Å². The normalized spacial score (nSPS) is 17.8. The maximum absolute atomic E-state index is 12.6. The zero-order valence-electron chi connectivity index (χ0n) is 18.8. The van der Waals surface area contributed by atoms with Crippen molar-refractivity contribution >= 4 is 18.0 Å². The van der Waals surface area contributed by atoms with Crippen molar-refractivity contribution < 1.29 is 24.2 Å². The number of carbonyl (C=O) groups excluding carboxylic acids is 2. The molecule has 2 unspecified atom stereocenters. The highest BCUT2D eigenvalue weighted by Gasteiger charge is 2.31. The molecule has 1 fully saturated rings. The Morgan fingerprint density at radius 1 is 1.09 bits per heavy atom. The smallest absolute Gasteiger partial charge is 0.407 e. The van der Waals surface area contributed by atoms with Gasteiger partial charge in [-0.1, -0.05) is 55.5 Å². The molecule has 33 heavy (non-hydrogen) atoms. The van der Waals surface area contributed by atoms with Gasteiger partial charge < -0.3 is 20.1 Å². The lowest BCUT2D eigenvalue weighted by molar-refractivity contribution is -0.140. The van der Waals surface area contributed by atoms with Gasteiger partial charge in [0, 0.05) is 31.5 Å². The van der Waals surface area contributed by atoms with Crippen molar-refractivity contribution in [1.82, 2.24) is 10.2 Å². The molecule has 7 heteroatoms. The Labute approximate surface area is 193 Å². The van der Waals surface area contributed by atoms with Crippen molar-refractivity contribution in [3.63, 3.8) is 0 Å². The number of hydrogen-bond donors (Lipinski definition) is 2. The van der Waals surface area contributed by atoms with Gasteiger partial charge in [-0.3, -0.25) is 9.59 Å². The summed E-state index contributed by atoms with van der Waals surface area (Å²) in [7, 11) is 0. The molecule has 0 aromatic heterocycles. The zero-order chi connectivity index (χ0) is 23.4. The van der Waals surface area contributed by atoms with E-state index in [1.807, 2.05) is 31.2 Å². The van der Waals surface area contributed by atoms with Gasteiger partial charge in [-0.25, -0.2) is 4.79 Å². The molecule has 2 aliphatic rings. The molecule has 0 bridgehead atoms. The van der Waals surface area contributed by atoms with Crippen LogP contribution in [0.2, 0.25) is 0 Å². The number of nitrogens with zero attached hydrogens (tertiary/aromatic N) is 1. The van der Waals surface area contributed by atoms with Crippen LogP contribution in [-0.4, -0.2) is 53.7 Å². The van der Waals surface area contributed by atoms with E-state index in [1.54, 1.807) is 4.90 Å². The molecule has 1 aliphatic carbocycles. The van der Waals surface area contributed by atoms with Gasteiger partial charge in [0.15, 0.2) is 0 Å². The Morgan fingerprint density at radius 2 is 1.73 bits per heavy atom. The Kier molecular flexibility index (Phi) is 6.96. The Balaban J connectivity index is 1.25. The number of alkyl carbamates (subject to hydrolysis) is 1. The van der Waals surface area contributed by atoms with E-state index in [0.29, 0.717) is 13.1 Å². The highest BCUT2D eigenvalue weighted by Crippen LogP contribution is 2.44. The summed E-state index contributed by atoms with van der Waals surface area (Å²) >= 11 is 0. The number of fused-ring (bicyclic) bond motifs is 3. The van der Waals surface area contributed by atoms with Crippen molar-refractivity contribution in [2.75, 3.05) is 19.7 Å². The first-order valence-corrected chi connectivity index (χ1v) is 11.5. The fourth-order valence-corrected chi connectivity index (χ4v) is 4.97. The molecule has 0 spiro atoms. The number of rotatable bonds is 8. The molecule has 2 atom stereocenters. The van der Waals surface area contributed by atoms with Gasteiger partial charge in [0.05, 0.1) is 6.42 Å². The third-order valence-corrected chi connectivity index (χ3v) is 6.57. The summed E-state index contributed by atoms with van der Waals surface area (Å²) in [4.78, 5) is 37.7. The molecule has 1 saturated heterocycles. The molecular formula is C26H30N2O5. The van der Waals surface area contributed by atoms with Gasteiger partial charge >= 0.3 is 12.1 Å². The number of nitrogens with one attached hydrogen (secondary N) is 1. The molecule has 1 aliphatic heterocycles. The number of likely N-dealkylation sites (tertiary alicyclic amines) is 1. The van der Waals surface area contributed by atoms with Crippen molar-refractivity contribution in [1.29, 1.82) is 0 Å². The topological polar surface area (TPSA) is 95.9 Å². The monoisotopic (exact) mass is 450 g/mol. The fourth-order valence-electron chi connectivity index (χ4n) is 4.97. The third kappa shape index (κ3) is 5.18. The first-order chi connectivity index (χ1) is 15.9. The SMILES string of the molecule is CC(CNC(=O)OCC1c2ccccc2-c2ccccc21)CC(=O)N1CCCC1CC(=O)O. The molecule has 174 valence electrons. The minimum Gasteiger partial charge on any atom is -0.481 e. The molecule has 2 N–H and O–H groups in total. The molecule has 0 saturated carbocycles. The number of hydrogen-bond acceptors (Lipinski definition) is 4. The number of carboxylic acid groups (broad SMARTS) is 1. The summed E-state index contributed by atoms with van der Waals surface area (Å²) in [6.45, 7) is 3.06. The standard InChI is InChI=1S/C26H30N2O5/c1-17(13-24(29)28-12-6-7-18(28)14-25(30)31)15-27-26(32)33-16-23-21-10-4-2-8-19(21)20-9-3-5-11-22(20)23/h2-5,8-11,17-18,23H,6-7,12-16H2,1H3,(H,27,32)(H,30,31). The largest absolute Gasteiger partial charge is 0.481 e. The van der Waals surface area contributed by atoms with Crippen LogP contribution in [0.5, 0.6) is 0 Å². The van der Waals surface area contributed by atoms with Crippen LogP contribution < -0.4 is 5.32 Å². The van der Waals surface area contributed by atoms with Crippen LogP contribution in [0.3, 0.4) is 0 Å². The third-order valence-electron chi connectivity index (χ3n) is 6.57. The maximum Gasteiger partial charge on any atom is 0.407 e. The van der Waals surface area contributed by atoms with E-state index in [4.69, 9.17) is 9.84 Å². The van der Waals surface area contributed by atoms with Gasteiger partial charge in [0.2, 0.25) is 5.91 Å². The minimum atomic E-state index is -0.885. The molecule has 4 rings (SSSR count). The van der Waals surface area contributed by atoms with Gasteiger partial charge in [-0.2, -0.15) is 0 Å². The van der Waals surface area contributed by atoms with E-state index < -0.39 is 12.1 Å². The average Bonchev–Trinajstić information content (AvgIpc) is 3.38. The van der Waals surface area contributed by atoms with Gasteiger partial charge in [0.1, 0.15) is 6.61 Å². The van der Waals surface area contributed by atoms with E-state index >= 15 is 0 Å². The predicted octanol–water partition coefficient (Wildman–Crippen LogP) is 4.02. The fraction of sp³-hybridized carbons (Fsp3) is 0.423. The number of benzene rings is 2. The number of ether oxygens (including phenoxy) is 1. The van der Waals surface area contributed by atoms with Gasteiger partial charge in [0.25, 0.3) is 0 Å².